The molecule has 1 aromatic heterocycles. The van der Waals surface area contributed by atoms with E-state index in [4.69, 9.17) is 4.98 Å². The van der Waals surface area contributed by atoms with Crippen LogP contribution in [-0.4, -0.2) is 34.1 Å². The maximum Gasteiger partial charge on any atom is 0.115 e. The third-order valence-electron chi connectivity index (χ3n) is 10.9. The van der Waals surface area contributed by atoms with E-state index in [0.29, 0.717) is 17.7 Å². The number of aryl methyl sites for hydroxylation is 2. The van der Waals surface area contributed by atoms with E-state index in [2.05, 4.69) is 129 Å². The third-order valence-corrected chi connectivity index (χ3v) is 10.9. The summed E-state index contributed by atoms with van der Waals surface area (Å²) in [6.07, 6.45) is 11.1. The van der Waals surface area contributed by atoms with Crippen molar-refractivity contribution in [1.29, 1.82) is 0 Å². The Morgan fingerprint density at radius 3 is 2.10 bits per heavy atom. The van der Waals surface area contributed by atoms with Gasteiger partial charge in [0, 0.05) is 49.7 Å². The lowest BCUT2D eigenvalue weighted by molar-refractivity contribution is 0.201. The van der Waals surface area contributed by atoms with Crippen LogP contribution in [0, 0.1) is 0 Å². The molecule has 1 aliphatic heterocycles. The van der Waals surface area contributed by atoms with Gasteiger partial charge in [-0.3, -0.25) is 9.88 Å². The van der Waals surface area contributed by atoms with Crippen molar-refractivity contribution in [2.75, 3.05) is 18.0 Å². The second kappa shape index (κ2) is 17.9. The molecule has 4 aromatic carbocycles. The number of likely N-dealkylation sites (tertiary alicyclic amines) is 1. The summed E-state index contributed by atoms with van der Waals surface area (Å²) in [5, 5.41) is 10.1. The highest BCUT2D eigenvalue weighted by Crippen LogP contribution is 2.33. The van der Waals surface area contributed by atoms with Gasteiger partial charge in [-0.1, -0.05) is 96.3 Å². The molecule has 272 valence electrons. The summed E-state index contributed by atoms with van der Waals surface area (Å²) in [5.74, 6) is 0.772. The minimum atomic E-state index is 0.308. The van der Waals surface area contributed by atoms with Crippen LogP contribution in [0.1, 0.15) is 106 Å². The average Bonchev–Trinajstić information content (AvgIpc) is 3.16. The molecule has 2 heterocycles. The largest absolute Gasteiger partial charge is 0.508 e. The highest BCUT2D eigenvalue weighted by atomic mass is 16.3. The summed E-state index contributed by atoms with van der Waals surface area (Å²) >= 11 is 0. The summed E-state index contributed by atoms with van der Waals surface area (Å²) in [7, 11) is 0. The number of anilines is 1. The topological polar surface area (TPSA) is 39.6 Å². The first-order valence-corrected chi connectivity index (χ1v) is 19.9. The summed E-state index contributed by atoms with van der Waals surface area (Å²) < 4.78 is 0. The Hall–Kier alpha value is -4.41. The molecule has 52 heavy (non-hydrogen) atoms. The number of nitrogens with zero attached hydrogens (tertiary/aromatic N) is 3. The number of benzene rings is 4. The van der Waals surface area contributed by atoms with Gasteiger partial charge in [-0.15, -0.1) is 0 Å². The van der Waals surface area contributed by atoms with Crippen molar-refractivity contribution in [1.82, 2.24) is 9.88 Å². The van der Waals surface area contributed by atoms with Crippen molar-refractivity contribution in [2.45, 2.75) is 111 Å². The van der Waals surface area contributed by atoms with Gasteiger partial charge in [-0.05, 0) is 137 Å². The predicted octanol–water partition coefficient (Wildman–Crippen LogP) is 11.8. The molecule has 6 rings (SSSR count). The Labute approximate surface area is 313 Å². The lowest BCUT2D eigenvalue weighted by atomic mass is 9.89. The van der Waals surface area contributed by atoms with Crippen LogP contribution in [0.3, 0.4) is 0 Å². The second-order valence-corrected chi connectivity index (χ2v) is 15.2. The number of phenols is 1. The van der Waals surface area contributed by atoms with Gasteiger partial charge in [0.15, 0.2) is 0 Å². The van der Waals surface area contributed by atoms with Gasteiger partial charge in [0.2, 0.25) is 0 Å². The summed E-state index contributed by atoms with van der Waals surface area (Å²) in [6.45, 7) is 15.3. The van der Waals surface area contributed by atoms with E-state index in [-0.39, 0.29) is 0 Å². The van der Waals surface area contributed by atoms with Gasteiger partial charge in [0.25, 0.3) is 0 Å². The molecule has 1 fully saturated rings. The van der Waals surface area contributed by atoms with E-state index >= 15 is 0 Å². The van der Waals surface area contributed by atoms with Crippen molar-refractivity contribution >= 4 is 5.69 Å². The maximum absolute atomic E-state index is 10.1. The standard InChI is InChI=1S/C48H59N3O/c1-6-12-38-31-41(32-39(13-7-2)46(38)14-8-3)48-30-37(23-26-49-48)33-50-27-24-43(25-28-50)51(42-19-21-44(52)22-20-42)34-36-15-11-16-40(29-36)47-18-10-9-17-45(47)35(4)5/h9-11,15-23,26,29-32,35,43,52H,6-8,12-14,24-25,27-28,33-34H2,1-5H3. The van der Waals surface area contributed by atoms with Gasteiger partial charge in [-0.25, -0.2) is 0 Å². The second-order valence-electron chi connectivity index (χ2n) is 15.2. The van der Waals surface area contributed by atoms with Crippen LogP contribution in [0.15, 0.2) is 103 Å². The molecular weight excluding hydrogens is 635 g/mol. The highest BCUT2D eigenvalue weighted by Gasteiger charge is 2.26. The summed E-state index contributed by atoms with van der Waals surface area (Å²) in [4.78, 5) is 10.1. The average molecular weight is 694 g/mol. The first kappa shape index (κ1) is 37.4. The predicted molar refractivity (Wildman–Crippen MR) is 220 cm³/mol. The van der Waals surface area contributed by atoms with Crippen LogP contribution < -0.4 is 4.90 Å². The van der Waals surface area contributed by atoms with E-state index in [1.807, 2.05) is 18.3 Å². The van der Waals surface area contributed by atoms with Gasteiger partial charge in [-0.2, -0.15) is 0 Å². The molecule has 0 amide bonds. The molecule has 1 saturated heterocycles. The Bertz CT molecular complexity index is 1860. The third kappa shape index (κ3) is 9.14. The first-order chi connectivity index (χ1) is 25.4. The molecule has 0 spiro atoms. The molecular formula is C48H59N3O. The van der Waals surface area contributed by atoms with Gasteiger partial charge in [0.1, 0.15) is 5.75 Å². The van der Waals surface area contributed by atoms with E-state index in [0.717, 1.165) is 69.7 Å². The first-order valence-electron chi connectivity index (χ1n) is 19.9. The fourth-order valence-corrected chi connectivity index (χ4v) is 8.25. The Balaban J connectivity index is 1.18. The van der Waals surface area contributed by atoms with Crippen LogP contribution in [0.4, 0.5) is 5.69 Å². The number of rotatable bonds is 15. The van der Waals surface area contributed by atoms with Crippen LogP contribution in [0.2, 0.25) is 0 Å². The van der Waals surface area contributed by atoms with Gasteiger partial charge < -0.3 is 10.0 Å². The summed E-state index contributed by atoms with van der Waals surface area (Å²) in [5.41, 5.74) is 14.8. The van der Waals surface area contributed by atoms with Crippen LogP contribution in [0.5, 0.6) is 5.75 Å². The fraction of sp³-hybridized carbons (Fsp3) is 0.396. The molecule has 1 N–H and O–H groups in total. The monoisotopic (exact) mass is 693 g/mol. The van der Waals surface area contributed by atoms with E-state index in [1.54, 1.807) is 5.56 Å². The van der Waals surface area contributed by atoms with Crippen LogP contribution in [-0.2, 0) is 32.4 Å². The molecule has 0 radical (unpaired) electrons. The zero-order valence-electron chi connectivity index (χ0n) is 32.2. The maximum atomic E-state index is 10.1. The molecule has 0 aliphatic carbocycles. The molecule has 5 aromatic rings. The number of piperidine rings is 1. The van der Waals surface area contributed by atoms with Crippen molar-refractivity contribution < 1.29 is 5.11 Å². The molecule has 0 bridgehead atoms. The molecule has 0 unspecified atom stereocenters. The number of aromatic nitrogens is 1. The molecule has 0 atom stereocenters. The van der Waals surface area contributed by atoms with E-state index in [9.17, 15) is 5.11 Å². The van der Waals surface area contributed by atoms with Crippen molar-refractivity contribution in [2.24, 2.45) is 0 Å². The highest BCUT2D eigenvalue weighted by molar-refractivity contribution is 5.69. The Kier molecular flexibility index (Phi) is 12.8. The fourth-order valence-electron chi connectivity index (χ4n) is 8.25. The van der Waals surface area contributed by atoms with Crippen molar-refractivity contribution in [3.63, 3.8) is 0 Å². The number of pyridine rings is 1. The number of phenolic OH excluding ortho intramolecular Hbond substituents is 1. The van der Waals surface area contributed by atoms with Crippen molar-refractivity contribution in [3.05, 3.63) is 137 Å². The van der Waals surface area contributed by atoms with Gasteiger partial charge in [0.05, 0.1) is 5.69 Å². The normalized spacial score (nSPS) is 13.9. The minimum absolute atomic E-state index is 0.308. The van der Waals surface area contributed by atoms with Crippen LogP contribution in [0.25, 0.3) is 22.4 Å². The Morgan fingerprint density at radius 2 is 1.42 bits per heavy atom. The minimum Gasteiger partial charge on any atom is -0.508 e. The number of hydrogen-bond acceptors (Lipinski definition) is 4. The molecule has 4 nitrogen and oxygen atoms in total. The van der Waals surface area contributed by atoms with E-state index in [1.165, 1.54) is 63.8 Å². The van der Waals surface area contributed by atoms with Crippen molar-refractivity contribution in [3.8, 4) is 28.1 Å². The summed E-state index contributed by atoms with van der Waals surface area (Å²) in [6, 6.07) is 35.5. The Morgan fingerprint density at radius 1 is 0.731 bits per heavy atom. The lowest BCUT2D eigenvalue weighted by Gasteiger charge is -2.40. The van der Waals surface area contributed by atoms with Crippen LogP contribution >= 0.6 is 0 Å². The molecule has 1 aliphatic rings. The SMILES string of the molecule is CCCc1cc(-c2cc(CN3CCC(N(Cc4cccc(-c5ccccc5C(C)C)c4)c4ccc(O)cc4)CC3)ccn2)cc(CCC)c1CCC. The number of aromatic hydroxyl groups is 1. The molecule has 0 saturated carbocycles. The smallest absolute Gasteiger partial charge is 0.115 e. The quantitative estimate of drug-likeness (QED) is 0.118. The number of hydrogen-bond donors (Lipinski definition) is 1. The lowest BCUT2D eigenvalue weighted by Crippen LogP contribution is -2.44. The van der Waals surface area contributed by atoms with Gasteiger partial charge >= 0.3 is 0 Å². The van der Waals surface area contributed by atoms with E-state index < -0.39 is 0 Å². The zero-order valence-corrected chi connectivity index (χ0v) is 32.2. The molecule has 4 heteroatoms. The zero-order chi connectivity index (χ0) is 36.5.